The van der Waals surface area contributed by atoms with Crippen molar-refractivity contribution in [2.75, 3.05) is 24.7 Å². The van der Waals surface area contributed by atoms with Crippen LogP contribution in [0.25, 0.3) is 0 Å². The van der Waals surface area contributed by atoms with Gasteiger partial charge in [-0.1, -0.05) is 0 Å². The van der Waals surface area contributed by atoms with Crippen LogP contribution in [0.2, 0.25) is 0 Å². The first-order chi connectivity index (χ1) is 9.15. The Kier molecular flexibility index (Phi) is 4.27. The van der Waals surface area contributed by atoms with Crippen LogP contribution in [0.5, 0.6) is 11.5 Å². The number of rotatable bonds is 5. The highest BCUT2D eigenvalue weighted by Crippen LogP contribution is 2.33. The third-order valence-electron chi connectivity index (χ3n) is 2.94. The lowest BCUT2D eigenvalue weighted by Gasteiger charge is -2.18. The fourth-order valence-electron chi connectivity index (χ4n) is 2.15. The number of hydrogen-bond donors (Lipinski definition) is 1. The molecule has 5 nitrogen and oxygen atoms in total. The van der Waals surface area contributed by atoms with Crippen molar-refractivity contribution in [2.45, 2.75) is 26.4 Å². The van der Waals surface area contributed by atoms with E-state index >= 15 is 0 Å². The van der Waals surface area contributed by atoms with E-state index < -0.39 is 6.10 Å². The number of carbonyl (C=O) groups excluding carboxylic acids is 1. The lowest BCUT2D eigenvalue weighted by atomic mass is 10.2. The number of ether oxygens (including phenoxy) is 2. The number of aliphatic hydroxyl groups is 1. The van der Waals surface area contributed by atoms with Gasteiger partial charge in [0, 0.05) is 11.8 Å². The number of β-amino-alcohol motifs (C(OH)–C–C–N with tert-alkyl or cyclic N) is 1. The van der Waals surface area contributed by atoms with Crippen molar-refractivity contribution in [3.8, 4) is 11.5 Å². The van der Waals surface area contributed by atoms with Crippen LogP contribution < -0.4 is 14.4 Å². The Hall–Kier alpha value is -1.75. The number of anilines is 1. The normalized spacial score (nSPS) is 18.8. The molecule has 1 fully saturated rings. The summed E-state index contributed by atoms with van der Waals surface area (Å²) in [5.74, 6) is 1.22. The lowest BCUT2D eigenvalue weighted by Crippen LogP contribution is -2.25. The molecular weight excluding hydrogens is 246 g/mol. The zero-order chi connectivity index (χ0) is 13.8. The molecule has 1 atom stereocenters. The minimum absolute atomic E-state index is 0.0703. The fraction of sp³-hybridized carbons (Fsp3) is 0.500. The SMILES string of the molecule is CCOc1ccc(N2CC(O)CC2=O)cc1OCC. The van der Waals surface area contributed by atoms with E-state index in [2.05, 4.69) is 0 Å². The number of amides is 1. The van der Waals surface area contributed by atoms with E-state index in [1.54, 1.807) is 17.0 Å². The summed E-state index contributed by atoms with van der Waals surface area (Å²) in [6.45, 7) is 5.22. The molecule has 1 unspecified atom stereocenters. The Morgan fingerprint density at radius 1 is 1.26 bits per heavy atom. The van der Waals surface area contributed by atoms with E-state index in [0.29, 0.717) is 31.3 Å². The molecule has 2 rings (SSSR count). The number of aliphatic hydroxyl groups excluding tert-OH is 1. The van der Waals surface area contributed by atoms with Gasteiger partial charge in [0.25, 0.3) is 0 Å². The monoisotopic (exact) mass is 265 g/mol. The van der Waals surface area contributed by atoms with Gasteiger partial charge in [-0.3, -0.25) is 4.79 Å². The number of carbonyl (C=O) groups is 1. The van der Waals surface area contributed by atoms with Crippen molar-refractivity contribution in [3.63, 3.8) is 0 Å². The van der Waals surface area contributed by atoms with Gasteiger partial charge in [0.2, 0.25) is 5.91 Å². The van der Waals surface area contributed by atoms with E-state index in [1.807, 2.05) is 19.9 Å². The van der Waals surface area contributed by atoms with Crippen LogP contribution >= 0.6 is 0 Å². The third-order valence-corrected chi connectivity index (χ3v) is 2.94. The number of benzene rings is 1. The highest BCUT2D eigenvalue weighted by atomic mass is 16.5. The second-order valence-corrected chi connectivity index (χ2v) is 4.36. The molecule has 0 radical (unpaired) electrons. The highest BCUT2D eigenvalue weighted by Gasteiger charge is 2.29. The van der Waals surface area contributed by atoms with Crippen LogP contribution in [-0.4, -0.2) is 36.9 Å². The Balaban J connectivity index is 2.27. The standard InChI is InChI=1S/C14H19NO4/c1-3-18-12-6-5-10(7-13(12)19-4-2)15-9-11(16)8-14(15)17/h5-7,11,16H,3-4,8-9H2,1-2H3. The summed E-state index contributed by atoms with van der Waals surface area (Å²) in [6, 6.07) is 5.38. The Labute approximate surface area is 112 Å². The van der Waals surface area contributed by atoms with Crippen molar-refractivity contribution in [1.29, 1.82) is 0 Å². The van der Waals surface area contributed by atoms with Crippen molar-refractivity contribution in [3.05, 3.63) is 18.2 Å². The second kappa shape index (κ2) is 5.93. The van der Waals surface area contributed by atoms with Gasteiger partial charge in [0.15, 0.2) is 11.5 Å². The summed E-state index contributed by atoms with van der Waals surface area (Å²) in [5.41, 5.74) is 0.730. The van der Waals surface area contributed by atoms with Crippen LogP contribution in [-0.2, 0) is 4.79 Å². The Morgan fingerprint density at radius 2 is 1.95 bits per heavy atom. The van der Waals surface area contributed by atoms with Crippen molar-refractivity contribution < 1.29 is 19.4 Å². The molecule has 0 spiro atoms. The molecule has 104 valence electrons. The Bertz CT molecular complexity index is 461. The van der Waals surface area contributed by atoms with E-state index in [4.69, 9.17) is 9.47 Å². The van der Waals surface area contributed by atoms with Crippen LogP contribution in [0, 0.1) is 0 Å². The summed E-state index contributed by atoms with van der Waals surface area (Å²) >= 11 is 0. The summed E-state index contributed by atoms with van der Waals surface area (Å²) in [6.07, 6.45) is -0.411. The van der Waals surface area contributed by atoms with Gasteiger partial charge in [-0.15, -0.1) is 0 Å². The van der Waals surface area contributed by atoms with Gasteiger partial charge in [-0.25, -0.2) is 0 Å². The van der Waals surface area contributed by atoms with Crippen LogP contribution in [0.4, 0.5) is 5.69 Å². The average molecular weight is 265 g/mol. The fourth-order valence-corrected chi connectivity index (χ4v) is 2.15. The molecule has 1 saturated heterocycles. The predicted octanol–water partition coefficient (Wildman–Crippen LogP) is 1.58. The first kappa shape index (κ1) is 13.7. The molecule has 1 aromatic rings. The first-order valence-electron chi connectivity index (χ1n) is 6.53. The molecular formula is C14H19NO4. The van der Waals surface area contributed by atoms with Gasteiger partial charge in [-0.05, 0) is 26.0 Å². The van der Waals surface area contributed by atoms with Crippen molar-refractivity contribution in [2.24, 2.45) is 0 Å². The second-order valence-electron chi connectivity index (χ2n) is 4.36. The predicted molar refractivity (Wildman–Crippen MR) is 71.8 cm³/mol. The minimum atomic E-state index is -0.588. The van der Waals surface area contributed by atoms with E-state index in [9.17, 15) is 9.90 Å². The molecule has 0 aliphatic carbocycles. The molecule has 1 aliphatic heterocycles. The molecule has 19 heavy (non-hydrogen) atoms. The summed E-state index contributed by atoms with van der Waals surface area (Å²) in [5, 5.41) is 9.52. The molecule has 1 amide bonds. The maximum absolute atomic E-state index is 11.8. The average Bonchev–Trinajstić information content (AvgIpc) is 2.71. The molecule has 0 saturated carbocycles. The van der Waals surface area contributed by atoms with Gasteiger partial charge in [-0.2, -0.15) is 0 Å². The zero-order valence-electron chi connectivity index (χ0n) is 11.3. The number of hydrogen-bond acceptors (Lipinski definition) is 4. The molecule has 1 aromatic carbocycles. The summed E-state index contributed by atoms with van der Waals surface area (Å²) in [4.78, 5) is 13.3. The molecule has 1 aliphatic rings. The van der Waals surface area contributed by atoms with Gasteiger partial charge < -0.3 is 19.5 Å². The zero-order valence-corrected chi connectivity index (χ0v) is 11.3. The van der Waals surface area contributed by atoms with Gasteiger partial charge in [0.05, 0.1) is 32.3 Å². The maximum atomic E-state index is 11.8. The van der Waals surface area contributed by atoms with Gasteiger partial charge >= 0.3 is 0 Å². The Morgan fingerprint density at radius 3 is 2.53 bits per heavy atom. The molecule has 0 aromatic heterocycles. The van der Waals surface area contributed by atoms with Gasteiger partial charge in [0.1, 0.15) is 0 Å². The summed E-state index contributed by atoms with van der Waals surface area (Å²) in [7, 11) is 0. The third kappa shape index (κ3) is 2.98. The molecule has 0 bridgehead atoms. The summed E-state index contributed by atoms with van der Waals surface area (Å²) < 4.78 is 11.0. The molecule has 1 N–H and O–H groups in total. The number of nitrogens with zero attached hydrogens (tertiary/aromatic N) is 1. The first-order valence-corrected chi connectivity index (χ1v) is 6.53. The highest BCUT2D eigenvalue weighted by molar-refractivity contribution is 5.96. The van der Waals surface area contributed by atoms with Crippen LogP contribution in [0.1, 0.15) is 20.3 Å². The van der Waals surface area contributed by atoms with E-state index in [0.717, 1.165) is 5.69 Å². The van der Waals surface area contributed by atoms with Crippen molar-refractivity contribution >= 4 is 11.6 Å². The van der Waals surface area contributed by atoms with Crippen LogP contribution in [0.3, 0.4) is 0 Å². The smallest absolute Gasteiger partial charge is 0.229 e. The van der Waals surface area contributed by atoms with E-state index in [1.165, 1.54) is 0 Å². The van der Waals surface area contributed by atoms with Crippen molar-refractivity contribution in [1.82, 2.24) is 0 Å². The lowest BCUT2D eigenvalue weighted by molar-refractivity contribution is -0.117. The maximum Gasteiger partial charge on any atom is 0.229 e. The topological polar surface area (TPSA) is 59.0 Å². The largest absolute Gasteiger partial charge is 0.490 e. The van der Waals surface area contributed by atoms with E-state index in [-0.39, 0.29) is 12.3 Å². The minimum Gasteiger partial charge on any atom is -0.490 e. The van der Waals surface area contributed by atoms with Crippen LogP contribution in [0.15, 0.2) is 18.2 Å². The molecule has 5 heteroatoms. The molecule has 1 heterocycles. The quantitative estimate of drug-likeness (QED) is 0.878.